The highest BCUT2D eigenvalue weighted by Gasteiger charge is 2.08. The van der Waals surface area contributed by atoms with Crippen LogP contribution in [0, 0.1) is 18.3 Å². The molecule has 0 spiro atoms. The molecule has 0 amide bonds. The van der Waals surface area contributed by atoms with Crippen molar-refractivity contribution in [3.05, 3.63) is 52.5 Å². The van der Waals surface area contributed by atoms with Gasteiger partial charge >= 0.3 is 0 Å². The molecule has 0 atom stereocenters. The molecular formula is C15H10ClN3S. The Morgan fingerprint density at radius 2 is 2.10 bits per heavy atom. The van der Waals surface area contributed by atoms with Crippen LogP contribution < -0.4 is 0 Å². The summed E-state index contributed by atoms with van der Waals surface area (Å²) >= 11 is 7.63. The van der Waals surface area contributed by atoms with Gasteiger partial charge in [-0.1, -0.05) is 29.4 Å². The summed E-state index contributed by atoms with van der Waals surface area (Å²) in [4.78, 5) is 8.66. The average Bonchev–Trinajstić information content (AvgIpc) is 2.82. The summed E-state index contributed by atoms with van der Waals surface area (Å²) in [6.45, 7) is 2.05. The maximum Gasteiger partial charge on any atom is 0.171 e. The lowest BCUT2D eigenvalue weighted by Crippen LogP contribution is -1.80. The Hall–Kier alpha value is -1.96. The number of nitrogens with one attached hydrogen (secondary N) is 1. The zero-order valence-electron chi connectivity index (χ0n) is 10.6. The van der Waals surface area contributed by atoms with Gasteiger partial charge in [0, 0.05) is 4.90 Å². The molecule has 1 heterocycles. The average molecular weight is 300 g/mol. The molecule has 20 heavy (non-hydrogen) atoms. The van der Waals surface area contributed by atoms with E-state index in [9.17, 15) is 0 Å². The lowest BCUT2D eigenvalue weighted by atomic mass is 10.2. The van der Waals surface area contributed by atoms with E-state index in [-0.39, 0.29) is 0 Å². The fourth-order valence-electron chi connectivity index (χ4n) is 1.91. The van der Waals surface area contributed by atoms with Crippen molar-refractivity contribution in [2.45, 2.75) is 17.0 Å². The van der Waals surface area contributed by atoms with Crippen LogP contribution in [-0.2, 0) is 0 Å². The highest BCUT2D eigenvalue weighted by atomic mass is 35.5. The Kier molecular flexibility index (Phi) is 3.39. The van der Waals surface area contributed by atoms with Crippen molar-refractivity contribution < 1.29 is 0 Å². The van der Waals surface area contributed by atoms with Gasteiger partial charge in [-0.05, 0) is 42.8 Å². The van der Waals surface area contributed by atoms with E-state index < -0.39 is 0 Å². The zero-order valence-corrected chi connectivity index (χ0v) is 12.2. The van der Waals surface area contributed by atoms with Crippen molar-refractivity contribution in [3.8, 4) is 6.07 Å². The molecule has 5 heteroatoms. The van der Waals surface area contributed by atoms with Crippen LogP contribution in [0.15, 0.2) is 46.5 Å². The van der Waals surface area contributed by atoms with Crippen LogP contribution in [0.4, 0.5) is 0 Å². The van der Waals surface area contributed by atoms with Crippen LogP contribution in [0.3, 0.4) is 0 Å². The van der Waals surface area contributed by atoms with Crippen molar-refractivity contribution in [3.63, 3.8) is 0 Å². The van der Waals surface area contributed by atoms with Gasteiger partial charge in [0.25, 0.3) is 0 Å². The second-order valence-electron chi connectivity index (χ2n) is 4.42. The Labute approximate surface area is 125 Å². The minimum absolute atomic E-state index is 0.555. The van der Waals surface area contributed by atoms with Gasteiger partial charge in [0.15, 0.2) is 5.16 Å². The quantitative estimate of drug-likeness (QED) is 0.755. The Bertz CT molecular complexity index is 833. The normalized spacial score (nSPS) is 10.7. The first-order valence-corrected chi connectivity index (χ1v) is 7.19. The minimum Gasteiger partial charge on any atom is -0.333 e. The van der Waals surface area contributed by atoms with E-state index in [0.29, 0.717) is 10.6 Å². The molecule has 98 valence electrons. The lowest BCUT2D eigenvalue weighted by molar-refractivity contribution is 1.08. The molecule has 1 N–H and O–H groups in total. The lowest BCUT2D eigenvalue weighted by Gasteiger charge is -2.01. The molecule has 0 aliphatic rings. The summed E-state index contributed by atoms with van der Waals surface area (Å²) in [6, 6.07) is 13.4. The van der Waals surface area contributed by atoms with E-state index in [1.165, 1.54) is 17.3 Å². The highest BCUT2D eigenvalue weighted by molar-refractivity contribution is 7.99. The van der Waals surface area contributed by atoms with Gasteiger partial charge in [-0.25, -0.2) is 4.98 Å². The molecule has 0 radical (unpaired) electrons. The molecule has 3 rings (SSSR count). The van der Waals surface area contributed by atoms with Crippen molar-refractivity contribution in [1.29, 1.82) is 5.26 Å². The maximum absolute atomic E-state index is 8.83. The number of nitrogens with zero attached hydrogens (tertiary/aromatic N) is 2. The molecule has 0 saturated carbocycles. The van der Waals surface area contributed by atoms with Crippen LogP contribution in [0.25, 0.3) is 11.0 Å². The number of hydrogen-bond acceptors (Lipinski definition) is 3. The molecule has 0 unspecified atom stereocenters. The van der Waals surface area contributed by atoms with Gasteiger partial charge in [0.2, 0.25) is 0 Å². The number of rotatable bonds is 2. The highest BCUT2D eigenvalue weighted by Crippen LogP contribution is 2.33. The number of H-pyrrole nitrogens is 1. The maximum atomic E-state index is 8.83. The van der Waals surface area contributed by atoms with E-state index in [0.717, 1.165) is 21.1 Å². The summed E-state index contributed by atoms with van der Waals surface area (Å²) < 4.78 is 0. The first-order valence-electron chi connectivity index (χ1n) is 5.99. The van der Waals surface area contributed by atoms with Crippen LogP contribution in [0.1, 0.15) is 11.1 Å². The number of aromatic nitrogens is 2. The summed E-state index contributed by atoms with van der Waals surface area (Å²) in [6.07, 6.45) is 0. The fourth-order valence-corrected chi connectivity index (χ4v) is 3.01. The van der Waals surface area contributed by atoms with Crippen LogP contribution in [0.5, 0.6) is 0 Å². The first kappa shape index (κ1) is 13.0. The van der Waals surface area contributed by atoms with Crippen molar-refractivity contribution >= 4 is 34.4 Å². The van der Waals surface area contributed by atoms with E-state index in [4.69, 9.17) is 16.9 Å². The third kappa shape index (κ3) is 2.51. The van der Waals surface area contributed by atoms with Gasteiger partial charge in [0.1, 0.15) is 0 Å². The molecule has 0 aliphatic carbocycles. The number of benzene rings is 2. The fraction of sp³-hybridized carbons (Fsp3) is 0.0667. The van der Waals surface area contributed by atoms with Crippen LogP contribution in [-0.4, -0.2) is 9.97 Å². The Morgan fingerprint density at radius 3 is 2.85 bits per heavy atom. The SMILES string of the molecule is Cc1ccc2nc(Sc3ccc(C#N)cc3Cl)[nH]c2c1. The summed E-state index contributed by atoms with van der Waals surface area (Å²) in [5.41, 5.74) is 3.69. The largest absolute Gasteiger partial charge is 0.333 e. The number of halogens is 1. The molecule has 2 aromatic carbocycles. The predicted octanol–water partition coefficient (Wildman–Crippen LogP) is 4.55. The van der Waals surface area contributed by atoms with E-state index in [1.807, 2.05) is 25.1 Å². The Balaban J connectivity index is 1.95. The van der Waals surface area contributed by atoms with Crippen molar-refractivity contribution in [2.24, 2.45) is 0 Å². The van der Waals surface area contributed by atoms with Gasteiger partial charge in [-0.15, -0.1) is 0 Å². The summed E-state index contributed by atoms with van der Waals surface area (Å²) in [5.74, 6) is 0. The molecule has 0 aliphatic heterocycles. The van der Waals surface area contributed by atoms with Gasteiger partial charge in [0.05, 0.1) is 27.7 Å². The number of aromatic amines is 1. The molecule has 3 nitrogen and oxygen atoms in total. The first-order chi connectivity index (χ1) is 9.65. The zero-order chi connectivity index (χ0) is 14.1. The van der Waals surface area contributed by atoms with Gasteiger partial charge in [-0.2, -0.15) is 5.26 Å². The monoisotopic (exact) mass is 299 g/mol. The number of hydrogen-bond donors (Lipinski definition) is 1. The van der Waals surface area contributed by atoms with Gasteiger partial charge in [-0.3, -0.25) is 0 Å². The van der Waals surface area contributed by atoms with Gasteiger partial charge < -0.3 is 4.98 Å². The minimum atomic E-state index is 0.555. The molecule has 0 saturated heterocycles. The number of nitriles is 1. The smallest absolute Gasteiger partial charge is 0.171 e. The number of fused-ring (bicyclic) bond motifs is 1. The van der Waals surface area contributed by atoms with Crippen molar-refractivity contribution in [2.75, 3.05) is 0 Å². The number of aryl methyl sites for hydroxylation is 1. The second kappa shape index (κ2) is 5.20. The third-order valence-corrected chi connectivity index (χ3v) is 4.27. The number of imidazole rings is 1. The molecule has 0 bridgehead atoms. The second-order valence-corrected chi connectivity index (χ2v) is 5.86. The van der Waals surface area contributed by atoms with E-state index in [2.05, 4.69) is 22.1 Å². The van der Waals surface area contributed by atoms with E-state index >= 15 is 0 Å². The Morgan fingerprint density at radius 1 is 1.25 bits per heavy atom. The standard InChI is InChI=1S/C15H10ClN3S/c1-9-2-4-12-13(6-9)19-15(18-12)20-14-5-3-10(8-17)7-11(14)16/h2-7H,1H3,(H,18,19). The predicted molar refractivity (Wildman–Crippen MR) is 81.1 cm³/mol. The summed E-state index contributed by atoms with van der Waals surface area (Å²) in [7, 11) is 0. The van der Waals surface area contributed by atoms with Crippen LogP contribution in [0.2, 0.25) is 5.02 Å². The summed E-state index contributed by atoms with van der Waals surface area (Å²) in [5, 5.41) is 10.2. The molecule has 0 fully saturated rings. The third-order valence-electron chi connectivity index (χ3n) is 2.88. The molecular weight excluding hydrogens is 290 g/mol. The van der Waals surface area contributed by atoms with E-state index in [1.54, 1.807) is 12.1 Å². The topological polar surface area (TPSA) is 52.5 Å². The molecule has 1 aromatic heterocycles. The molecule has 3 aromatic rings. The van der Waals surface area contributed by atoms with Crippen molar-refractivity contribution in [1.82, 2.24) is 9.97 Å². The van der Waals surface area contributed by atoms with Crippen LogP contribution >= 0.6 is 23.4 Å².